The van der Waals surface area contributed by atoms with Crippen molar-refractivity contribution in [1.82, 2.24) is 10.4 Å². The molecule has 4 heteroatoms. The Morgan fingerprint density at radius 2 is 2.06 bits per heavy atom. The smallest absolute Gasteiger partial charge is 0.0569 e. The molecule has 1 atom stereocenters. The average molecular weight is 259 g/mol. The van der Waals surface area contributed by atoms with Crippen molar-refractivity contribution in [2.24, 2.45) is 5.84 Å². The lowest BCUT2D eigenvalue weighted by atomic mass is 10.1. The number of pyridine rings is 1. The van der Waals surface area contributed by atoms with Crippen LogP contribution >= 0.6 is 11.8 Å². The van der Waals surface area contributed by atoms with Crippen LogP contribution in [0.5, 0.6) is 0 Å². The fourth-order valence-corrected chi connectivity index (χ4v) is 2.70. The maximum atomic E-state index is 5.63. The summed E-state index contributed by atoms with van der Waals surface area (Å²) in [5, 5.41) is 0. The highest BCUT2D eigenvalue weighted by molar-refractivity contribution is 7.99. The molecule has 0 aliphatic heterocycles. The fourth-order valence-electron chi connectivity index (χ4n) is 1.71. The Labute approximate surface area is 112 Å². The van der Waals surface area contributed by atoms with Gasteiger partial charge in [0.2, 0.25) is 0 Å². The summed E-state index contributed by atoms with van der Waals surface area (Å²) < 4.78 is 0. The summed E-state index contributed by atoms with van der Waals surface area (Å²) in [6.45, 7) is 2.04. The van der Waals surface area contributed by atoms with Crippen LogP contribution in [0.3, 0.4) is 0 Å². The summed E-state index contributed by atoms with van der Waals surface area (Å²) in [6.07, 6.45) is 3.71. The summed E-state index contributed by atoms with van der Waals surface area (Å²) in [5.41, 5.74) is 5.13. The number of aromatic nitrogens is 1. The molecule has 0 aliphatic rings. The van der Waals surface area contributed by atoms with Crippen LogP contribution in [-0.2, 0) is 0 Å². The number of nitrogens with one attached hydrogen (secondary N) is 1. The second kappa shape index (κ2) is 6.54. The van der Waals surface area contributed by atoms with Crippen molar-refractivity contribution >= 4 is 11.8 Å². The van der Waals surface area contributed by atoms with E-state index >= 15 is 0 Å². The zero-order chi connectivity index (χ0) is 12.8. The van der Waals surface area contributed by atoms with Gasteiger partial charge in [0.1, 0.15) is 0 Å². The topological polar surface area (TPSA) is 50.9 Å². The van der Waals surface area contributed by atoms with Crippen molar-refractivity contribution in [3.05, 3.63) is 59.9 Å². The summed E-state index contributed by atoms with van der Waals surface area (Å²) in [5.74, 6) is 6.51. The van der Waals surface area contributed by atoms with Gasteiger partial charge in [0.15, 0.2) is 0 Å². The average Bonchev–Trinajstić information content (AvgIpc) is 2.41. The first-order valence-electron chi connectivity index (χ1n) is 5.85. The lowest BCUT2D eigenvalue weighted by Gasteiger charge is -2.16. The second-order valence-electron chi connectivity index (χ2n) is 4.14. The van der Waals surface area contributed by atoms with E-state index in [1.165, 1.54) is 4.90 Å². The van der Waals surface area contributed by atoms with E-state index in [1.807, 2.05) is 37.5 Å². The zero-order valence-corrected chi connectivity index (χ0v) is 11.2. The normalized spacial score (nSPS) is 12.3. The molecule has 1 unspecified atom stereocenters. The van der Waals surface area contributed by atoms with E-state index in [4.69, 9.17) is 5.84 Å². The molecule has 1 aromatic heterocycles. The van der Waals surface area contributed by atoms with Crippen LogP contribution in [0.2, 0.25) is 0 Å². The van der Waals surface area contributed by atoms with E-state index in [0.29, 0.717) is 0 Å². The molecular formula is C14H17N3S. The SMILES string of the molecule is Cc1cncc(C(CSc2ccccc2)NN)c1. The predicted molar refractivity (Wildman–Crippen MR) is 76.2 cm³/mol. The maximum Gasteiger partial charge on any atom is 0.0569 e. The van der Waals surface area contributed by atoms with Gasteiger partial charge in [0, 0.05) is 23.0 Å². The predicted octanol–water partition coefficient (Wildman–Crippen LogP) is 2.69. The molecule has 0 bridgehead atoms. The Morgan fingerprint density at radius 1 is 1.28 bits per heavy atom. The van der Waals surface area contributed by atoms with Gasteiger partial charge in [-0.2, -0.15) is 0 Å². The molecule has 0 aliphatic carbocycles. The van der Waals surface area contributed by atoms with Gasteiger partial charge in [-0.15, -0.1) is 11.8 Å². The molecule has 0 fully saturated rings. The van der Waals surface area contributed by atoms with Crippen LogP contribution < -0.4 is 11.3 Å². The van der Waals surface area contributed by atoms with E-state index in [2.05, 4.69) is 28.6 Å². The summed E-state index contributed by atoms with van der Waals surface area (Å²) in [6, 6.07) is 12.5. The molecular weight excluding hydrogens is 242 g/mol. The van der Waals surface area contributed by atoms with Crippen LogP contribution in [0, 0.1) is 6.92 Å². The molecule has 94 valence electrons. The number of hydrogen-bond donors (Lipinski definition) is 2. The molecule has 0 radical (unpaired) electrons. The van der Waals surface area contributed by atoms with Crippen molar-refractivity contribution in [2.75, 3.05) is 5.75 Å². The molecule has 0 saturated carbocycles. The van der Waals surface area contributed by atoms with Gasteiger partial charge in [0.25, 0.3) is 0 Å². The van der Waals surface area contributed by atoms with E-state index in [-0.39, 0.29) is 6.04 Å². The molecule has 3 N–H and O–H groups in total. The molecule has 1 heterocycles. The number of benzene rings is 1. The highest BCUT2D eigenvalue weighted by atomic mass is 32.2. The van der Waals surface area contributed by atoms with Crippen molar-refractivity contribution in [3.63, 3.8) is 0 Å². The third kappa shape index (κ3) is 3.57. The fraction of sp³-hybridized carbons (Fsp3) is 0.214. The van der Waals surface area contributed by atoms with Crippen molar-refractivity contribution < 1.29 is 0 Å². The highest BCUT2D eigenvalue weighted by Gasteiger charge is 2.10. The Balaban J connectivity index is 2.02. The van der Waals surface area contributed by atoms with Gasteiger partial charge in [-0.25, -0.2) is 0 Å². The first-order chi connectivity index (χ1) is 8.79. The van der Waals surface area contributed by atoms with Gasteiger partial charge >= 0.3 is 0 Å². The minimum atomic E-state index is 0.114. The number of hydrogen-bond acceptors (Lipinski definition) is 4. The van der Waals surface area contributed by atoms with E-state index in [9.17, 15) is 0 Å². The highest BCUT2D eigenvalue weighted by Crippen LogP contribution is 2.24. The summed E-state index contributed by atoms with van der Waals surface area (Å²) in [4.78, 5) is 5.45. The Hall–Kier alpha value is -1.36. The van der Waals surface area contributed by atoms with Crippen LogP contribution in [0.15, 0.2) is 53.7 Å². The largest absolute Gasteiger partial charge is 0.271 e. The van der Waals surface area contributed by atoms with Gasteiger partial charge in [-0.05, 0) is 30.2 Å². The minimum Gasteiger partial charge on any atom is -0.271 e. The standard InChI is InChI=1S/C14H17N3S/c1-11-7-12(9-16-8-11)14(17-15)10-18-13-5-3-2-4-6-13/h2-9,14,17H,10,15H2,1H3. The molecule has 18 heavy (non-hydrogen) atoms. The van der Waals surface area contributed by atoms with Crippen LogP contribution in [0.1, 0.15) is 17.2 Å². The van der Waals surface area contributed by atoms with Crippen molar-refractivity contribution in [2.45, 2.75) is 17.9 Å². The Bertz CT molecular complexity index is 487. The van der Waals surface area contributed by atoms with E-state index in [0.717, 1.165) is 16.9 Å². The number of hydrazine groups is 1. The number of aryl methyl sites for hydroxylation is 1. The van der Waals surface area contributed by atoms with Gasteiger partial charge in [-0.3, -0.25) is 16.3 Å². The molecule has 3 nitrogen and oxygen atoms in total. The molecule has 1 aromatic carbocycles. The van der Waals surface area contributed by atoms with E-state index in [1.54, 1.807) is 11.8 Å². The summed E-state index contributed by atoms with van der Waals surface area (Å²) in [7, 11) is 0. The summed E-state index contributed by atoms with van der Waals surface area (Å²) >= 11 is 1.78. The zero-order valence-electron chi connectivity index (χ0n) is 10.3. The Kier molecular flexibility index (Phi) is 4.75. The van der Waals surface area contributed by atoms with Gasteiger partial charge < -0.3 is 0 Å². The first-order valence-corrected chi connectivity index (χ1v) is 6.83. The first kappa shape index (κ1) is 13.1. The molecule has 0 amide bonds. The quantitative estimate of drug-likeness (QED) is 0.492. The van der Waals surface area contributed by atoms with Gasteiger partial charge in [-0.1, -0.05) is 24.3 Å². The maximum absolute atomic E-state index is 5.63. The van der Waals surface area contributed by atoms with E-state index < -0.39 is 0 Å². The van der Waals surface area contributed by atoms with Crippen molar-refractivity contribution in [1.29, 1.82) is 0 Å². The monoisotopic (exact) mass is 259 g/mol. The van der Waals surface area contributed by atoms with Crippen LogP contribution in [0.25, 0.3) is 0 Å². The van der Waals surface area contributed by atoms with Crippen LogP contribution in [-0.4, -0.2) is 10.7 Å². The molecule has 2 aromatic rings. The number of thioether (sulfide) groups is 1. The van der Waals surface area contributed by atoms with Crippen molar-refractivity contribution in [3.8, 4) is 0 Å². The third-order valence-corrected chi connectivity index (χ3v) is 3.77. The lowest BCUT2D eigenvalue weighted by Crippen LogP contribution is -2.29. The molecule has 0 spiro atoms. The van der Waals surface area contributed by atoms with Crippen LogP contribution in [0.4, 0.5) is 0 Å². The Morgan fingerprint density at radius 3 is 2.72 bits per heavy atom. The third-order valence-electron chi connectivity index (χ3n) is 2.66. The lowest BCUT2D eigenvalue weighted by molar-refractivity contribution is 0.608. The second-order valence-corrected chi connectivity index (χ2v) is 5.23. The van der Waals surface area contributed by atoms with Gasteiger partial charge in [0.05, 0.1) is 6.04 Å². The minimum absolute atomic E-state index is 0.114. The molecule has 2 rings (SSSR count). The number of nitrogens with zero attached hydrogens (tertiary/aromatic N) is 1. The number of rotatable bonds is 5. The number of nitrogens with two attached hydrogens (primary N) is 1. The molecule has 0 saturated heterocycles.